The SMILES string of the molecule is COCOC[C@H](CCC(=O)NO)N(C)C(O)c1ccc(-c2ccc(C)cc2)cc1. The number of aliphatic hydroxyl groups is 1. The van der Waals surface area contributed by atoms with Crippen molar-refractivity contribution in [2.24, 2.45) is 0 Å². The number of hydrogen-bond donors (Lipinski definition) is 3. The van der Waals surface area contributed by atoms with Crippen molar-refractivity contribution in [3.05, 3.63) is 59.7 Å². The highest BCUT2D eigenvalue weighted by Gasteiger charge is 2.23. The van der Waals surface area contributed by atoms with Crippen molar-refractivity contribution in [3.8, 4) is 11.1 Å². The molecule has 2 aromatic rings. The van der Waals surface area contributed by atoms with E-state index in [0.717, 1.165) is 16.7 Å². The van der Waals surface area contributed by atoms with E-state index in [2.05, 4.69) is 31.2 Å². The molecular weight excluding hydrogens is 372 g/mol. The van der Waals surface area contributed by atoms with E-state index >= 15 is 0 Å². The Labute approximate surface area is 171 Å². The van der Waals surface area contributed by atoms with E-state index < -0.39 is 12.1 Å². The Balaban J connectivity index is 2.08. The van der Waals surface area contributed by atoms with Crippen molar-refractivity contribution in [2.45, 2.75) is 32.0 Å². The monoisotopic (exact) mass is 402 g/mol. The molecule has 1 amide bonds. The van der Waals surface area contributed by atoms with Gasteiger partial charge in [0.05, 0.1) is 6.61 Å². The summed E-state index contributed by atoms with van der Waals surface area (Å²) in [6.07, 6.45) is -0.345. The fraction of sp³-hybridized carbons (Fsp3) is 0.409. The lowest BCUT2D eigenvalue weighted by atomic mass is 10.0. The Morgan fingerprint density at radius 1 is 1.10 bits per heavy atom. The lowest BCUT2D eigenvalue weighted by Crippen LogP contribution is -2.39. The summed E-state index contributed by atoms with van der Waals surface area (Å²) in [7, 11) is 3.30. The first-order chi connectivity index (χ1) is 14.0. The van der Waals surface area contributed by atoms with Crippen molar-refractivity contribution in [1.82, 2.24) is 10.4 Å². The average Bonchev–Trinajstić information content (AvgIpc) is 2.75. The summed E-state index contributed by atoms with van der Waals surface area (Å²) in [4.78, 5) is 13.1. The third-order valence-corrected chi connectivity index (χ3v) is 4.90. The maximum absolute atomic E-state index is 11.4. The van der Waals surface area contributed by atoms with E-state index in [1.54, 1.807) is 17.4 Å². The lowest BCUT2D eigenvalue weighted by Gasteiger charge is -2.32. The molecule has 0 aromatic heterocycles. The van der Waals surface area contributed by atoms with Gasteiger partial charge in [0.2, 0.25) is 5.91 Å². The summed E-state index contributed by atoms with van der Waals surface area (Å²) < 4.78 is 10.3. The van der Waals surface area contributed by atoms with Crippen molar-refractivity contribution < 1.29 is 24.6 Å². The summed E-state index contributed by atoms with van der Waals surface area (Å²) in [5.41, 5.74) is 5.77. The van der Waals surface area contributed by atoms with Gasteiger partial charge in [-0.05, 0) is 37.1 Å². The number of methoxy groups -OCH3 is 1. The second-order valence-electron chi connectivity index (χ2n) is 7.03. The predicted molar refractivity (Wildman–Crippen MR) is 110 cm³/mol. The number of aliphatic hydroxyl groups excluding tert-OH is 1. The first-order valence-electron chi connectivity index (χ1n) is 9.53. The molecule has 3 N–H and O–H groups in total. The molecule has 2 rings (SSSR count). The Bertz CT molecular complexity index is 749. The number of nitrogens with zero attached hydrogens (tertiary/aromatic N) is 1. The van der Waals surface area contributed by atoms with Crippen molar-refractivity contribution in [2.75, 3.05) is 27.6 Å². The van der Waals surface area contributed by atoms with Crippen LogP contribution < -0.4 is 5.48 Å². The molecule has 158 valence electrons. The van der Waals surface area contributed by atoms with Gasteiger partial charge in [-0.2, -0.15) is 0 Å². The molecule has 0 aliphatic heterocycles. The summed E-state index contributed by atoms with van der Waals surface area (Å²) in [6.45, 7) is 2.45. The number of carbonyl (C=O) groups excluding carboxylic acids is 1. The highest BCUT2D eigenvalue weighted by Crippen LogP contribution is 2.25. The number of rotatable bonds is 11. The molecule has 2 aromatic carbocycles. The number of hydrogen-bond acceptors (Lipinski definition) is 6. The maximum Gasteiger partial charge on any atom is 0.243 e. The van der Waals surface area contributed by atoms with Gasteiger partial charge >= 0.3 is 0 Å². The van der Waals surface area contributed by atoms with Gasteiger partial charge in [0.25, 0.3) is 0 Å². The molecule has 0 heterocycles. The maximum atomic E-state index is 11.4. The van der Waals surface area contributed by atoms with E-state index in [1.165, 1.54) is 12.7 Å². The van der Waals surface area contributed by atoms with E-state index in [1.807, 2.05) is 24.3 Å². The second-order valence-corrected chi connectivity index (χ2v) is 7.03. The van der Waals surface area contributed by atoms with Gasteiger partial charge in [0.15, 0.2) is 0 Å². The van der Waals surface area contributed by atoms with Crippen LogP contribution in [0, 0.1) is 6.92 Å². The average molecular weight is 402 g/mol. The van der Waals surface area contributed by atoms with Gasteiger partial charge in [-0.3, -0.25) is 14.9 Å². The van der Waals surface area contributed by atoms with Crippen LogP contribution in [0.2, 0.25) is 0 Å². The highest BCUT2D eigenvalue weighted by molar-refractivity contribution is 5.74. The highest BCUT2D eigenvalue weighted by atomic mass is 16.7. The fourth-order valence-electron chi connectivity index (χ4n) is 3.05. The topological polar surface area (TPSA) is 91.3 Å². The first kappa shape index (κ1) is 23.0. The van der Waals surface area contributed by atoms with Crippen LogP contribution in [0.3, 0.4) is 0 Å². The Hall–Kier alpha value is -2.29. The number of hydroxylamine groups is 1. The van der Waals surface area contributed by atoms with Crippen LogP contribution >= 0.6 is 0 Å². The van der Waals surface area contributed by atoms with Gasteiger partial charge in [-0.1, -0.05) is 54.1 Å². The van der Waals surface area contributed by atoms with Crippen LogP contribution in [-0.4, -0.2) is 54.7 Å². The van der Waals surface area contributed by atoms with Crippen molar-refractivity contribution in [3.63, 3.8) is 0 Å². The molecular formula is C22H30N2O5. The van der Waals surface area contributed by atoms with Crippen LogP contribution in [0.5, 0.6) is 0 Å². The molecule has 0 radical (unpaired) electrons. The molecule has 0 aliphatic carbocycles. The third kappa shape index (κ3) is 6.92. The van der Waals surface area contributed by atoms with E-state index in [0.29, 0.717) is 6.42 Å². The number of likely N-dealkylation sites (N-methyl/N-ethyl adjacent to an activating group) is 1. The van der Waals surface area contributed by atoms with Crippen molar-refractivity contribution >= 4 is 5.91 Å². The minimum Gasteiger partial charge on any atom is -0.374 e. The molecule has 2 atom stereocenters. The minimum absolute atomic E-state index is 0.112. The molecule has 0 saturated heterocycles. The molecule has 7 heteroatoms. The molecule has 0 spiro atoms. The zero-order valence-electron chi connectivity index (χ0n) is 17.2. The normalized spacial score (nSPS) is 13.3. The molecule has 0 aliphatic rings. The second kappa shape index (κ2) is 11.6. The number of benzene rings is 2. The lowest BCUT2D eigenvalue weighted by molar-refractivity contribution is -0.130. The molecule has 29 heavy (non-hydrogen) atoms. The summed E-state index contributed by atoms with van der Waals surface area (Å²) in [5, 5.41) is 19.5. The van der Waals surface area contributed by atoms with Gasteiger partial charge in [-0.15, -0.1) is 0 Å². The van der Waals surface area contributed by atoms with E-state index in [9.17, 15) is 9.90 Å². The van der Waals surface area contributed by atoms with E-state index in [4.69, 9.17) is 14.7 Å². The largest absolute Gasteiger partial charge is 0.374 e. The Morgan fingerprint density at radius 3 is 2.24 bits per heavy atom. The molecule has 1 unspecified atom stereocenters. The van der Waals surface area contributed by atoms with Gasteiger partial charge in [0, 0.05) is 19.6 Å². The standard InChI is InChI=1S/C22H30N2O5/c1-16-4-6-17(7-5-16)18-8-10-19(11-9-18)22(26)24(2)20(14-29-15-28-3)12-13-21(25)23-27/h4-11,20,22,26-27H,12-15H2,1-3H3,(H,23,25)/t20-,22?/m0/s1. The zero-order valence-corrected chi connectivity index (χ0v) is 17.2. The van der Waals surface area contributed by atoms with Crippen LogP contribution in [0.25, 0.3) is 11.1 Å². The van der Waals surface area contributed by atoms with Crippen molar-refractivity contribution in [1.29, 1.82) is 0 Å². The summed E-state index contributed by atoms with van der Waals surface area (Å²) in [6, 6.07) is 15.8. The quantitative estimate of drug-likeness (QED) is 0.232. The van der Waals surface area contributed by atoms with Gasteiger partial charge in [-0.25, -0.2) is 5.48 Å². The van der Waals surface area contributed by atoms with Crippen LogP contribution in [0.4, 0.5) is 0 Å². The number of carbonyl (C=O) groups is 1. The molecule has 0 saturated carbocycles. The van der Waals surface area contributed by atoms with Gasteiger partial charge < -0.3 is 14.6 Å². The number of ether oxygens (including phenoxy) is 2. The number of amides is 1. The summed E-state index contributed by atoms with van der Waals surface area (Å²) >= 11 is 0. The van der Waals surface area contributed by atoms with E-state index in [-0.39, 0.29) is 25.9 Å². The fourth-order valence-corrected chi connectivity index (χ4v) is 3.05. The smallest absolute Gasteiger partial charge is 0.243 e. The third-order valence-electron chi connectivity index (χ3n) is 4.90. The minimum atomic E-state index is -0.865. The van der Waals surface area contributed by atoms with Gasteiger partial charge in [0.1, 0.15) is 13.0 Å². The Morgan fingerprint density at radius 2 is 1.69 bits per heavy atom. The van der Waals surface area contributed by atoms with Crippen LogP contribution in [-0.2, 0) is 14.3 Å². The zero-order chi connectivity index (χ0) is 21.2. The number of aryl methyl sites for hydroxylation is 1. The number of nitrogens with one attached hydrogen (secondary N) is 1. The Kier molecular flexibility index (Phi) is 9.24. The summed E-state index contributed by atoms with van der Waals surface area (Å²) in [5.74, 6) is -0.480. The molecule has 0 fully saturated rings. The first-order valence-corrected chi connectivity index (χ1v) is 9.53. The molecule has 7 nitrogen and oxygen atoms in total. The predicted octanol–water partition coefficient (Wildman–Crippen LogP) is 2.86. The van der Waals surface area contributed by atoms with Crippen LogP contribution in [0.1, 0.15) is 30.2 Å². The molecule has 0 bridgehead atoms. The van der Waals surface area contributed by atoms with Crippen LogP contribution in [0.15, 0.2) is 48.5 Å².